The molecule has 2 atom stereocenters. The number of aromatic nitrogens is 2. The van der Waals surface area contributed by atoms with Crippen LogP contribution in [0.3, 0.4) is 0 Å². The number of carbonyl (C=O) groups excluding carboxylic acids is 2. The molecule has 0 aliphatic carbocycles. The number of pyridine rings is 2. The van der Waals surface area contributed by atoms with Crippen LogP contribution < -0.4 is 0 Å². The van der Waals surface area contributed by atoms with Crippen molar-refractivity contribution in [1.29, 1.82) is 0 Å². The molecule has 22 heavy (non-hydrogen) atoms. The average molecular weight is 300 g/mol. The Morgan fingerprint density at radius 2 is 1.09 bits per heavy atom. The van der Waals surface area contributed by atoms with E-state index in [0.29, 0.717) is 11.1 Å². The van der Waals surface area contributed by atoms with Crippen molar-refractivity contribution >= 4 is 11.9 Å². The number of carbonyl (C=O) groups is 2. The van der Waals surface area contributed by atoms with Crippen LogP contribution in [0.25, 0.3) is 0 Å². The molecule has 6 nitrogen and oxygen atoms in total. The first-order valence-electron chi connectivity index (χ1n) is 6.80. The summed E-state index contributed by atoms with van der Waals surface area (Å²) in [4.78, 5) is 31.5. The molecule has 0 unspecified atom stereocenters. The van der Waals surface area contributed by atoms with Crippen LogP contribution in [0.4, 0.5) is 0 Å². The van der Waals surface area contributed by atoms with Crippen LogP contribution in [-0.2, 0) is 9.47 Å². The Morgan fingerprint density at radius 1 is 0.773 bits per heavy atom. The van der Waals surface area contributed by atoms with Gasteiger partial charge in [-0.2, -0.15) is 0 Å². The van der Waals surface area contributed by atoms with Crippen LogP contribution >= 0.6 is 0 Å². The third kappa shape index (κ3) is 4.12. The topological polar surface area (TPSA) is 78.4 Å². The minimum Gasteiger partial charge on any atom is -0.455 e. The van der Waals surface area contributed by atoms with Crippen LogP contribution in [0.5, 0.6) is 0 Å². The Balaban J connectivity index is 1.91. The monoisotopic (exact) mass is 300 g/mol. The molecule has 0 aromatic carbocycles. The summed E-state index contributed by atoms with van der Waals surface area (Å²) < 4.78 is 10.6. The maximum atomic E-state index is 11.9. The fourth-order valence-electron chi connectivity index (χ4n) is 1.64. The van der Waals surface area contributed by atoms with Crippen LogP contribution in [0.1, 0.15) is 34.6 Å². The van der Waals surface area contributed by atoms with Crippen molar-refractivity contribution in [3.05, 3.63) is 60.2 Å². The van der Waals surface area contributed by atoms with Crippen molar-refractivity contribution in [1.82, 2.24) is 9.97 Å². The molecule has 2 rings (SSSR count). The maximum Gasteiger partial charge on any atom is 0.338 e. The van der Waals surface area contributed by atoms with Gasteiger partial charge in [0.2, 0.25) is 0 Å². The largest absolute Gasteiger partial charge is 0.455 e. The number of rotatable bonds is 5. The molecule has 0 aliphatic rings. The van der Waals surface area contributed by atoms with Gasteiger partial charge in [-0.15, -0.1) is 0 Å². The molecule has 0 aliphatic heterocycles. The van der Waals surface area contributed by atoms with Crippen molar-refractivity contribution in [2.75, 3.05) is 0 Å². The lowest BCUT2D eigenvalue weighted by Gasteiger charge is -2.20. The lowest BCUT2D eigenvalue weighted by Crippen LogP contribution is -2.30. The third-order valence-corrected chi connectivity index (χ3v) is 3.08. The Hall–Kier alpha value is -2.76. The summed E-state index contributed by atoms with van der Waals surface area (Å²) in [6, 6.07) is 6.23. The second-order valence-corrected chi connectivity index (χ2v) is 4.69. The van der Waals surface area contributed by atoms with E-state index in [-0.39, 0.29) is 0 Å². The summed E-state index contributed by atoms with van der Waals surface area (Å²) in [6.45, 7) is 3.34. The summed E-state index contributed by atoms with van der Waals surface area (Å²) in [5.74, 6) is -0.969. The second-order valence-electron chi connectivity index (χ2n) is 4.69. The third-order valence-electron chi connectivity index (χ3n) is 3.08. The Morgan fingerprint density at radius 3 is 1.41 bits per heavy atom. The van der Waals surface area contributed by atoms with Gasteiger partial charge in [0.25, 0.3) is 0 Å². The Labute approximate surface area is 128 Å². The van der Waals surface area contributed by atoms with Crippen molar-refractivity contribution < 1.29 is 19.1 Å². The van der Waals surface area contributed by atoms with Crippen molar-refractivity contribution in [3.63, 3.8) is 0 Å². The zero-order chi connectivity index (χ0) is 15.9. The molecular weight excluding hydrogens is 284 g/mol. The molecule has 2 heterocycles. The van der Waals surface area contributed by atoms with Crippen LogP contribution in [0.15, 0.2) is 49.1 Å². The summed E-state index contributed by atoms with van der Waals surface area (Å²) in [5.41, 5.74) is 0.795. The second kappa shape index (κ2) is 7.31. The molecule has 0 radical (unpaired) electrons. The highest BCUT2D eigenvalue weighted by atomic mass is 16.6. The molecule has 0 fully saturated rings. The van der Waals surface area contributed by atoms with Gasteiger partial charge in [-0.3, -0.25) is 9.97 Å². The predicted molar refractivity (Wildman–Crippen MR) is 78.2 cm³/mol. The lowest BCUT2D eigenvalue weighted by atomic mass is 10.2. The standard InChI is InChI=1S/C16H16N2O4/c1-11(21-15(19)13-3-7-17-8-4-13)12(2)22-16(20)14-5-9-18-10-6-14/h3-12H,1-2H3/t11-,12-/m0/s1. The molecule has 0 N–H and O–H groups in total. The van der Waals surface area contributed by atoms with E-state index >= 15 is 0 Å². The fraction of sp³-hybridized carbons (Fsp3) is 0.250. The molecule has 114 valence electrons. The summed E-state index contributed by atoms with van der Waals surface area (Å²) in [6.07, 6.45) is 4.88. The van der Waals surface area contributed by atoms with Gasteiger partial charge < -0.3 is 9.47 Å². The SMILES string of the molecule is C[C@H](OC(=O)c1ccncc1)[C@H](C)OC(=O)c1ccncc1. The Kier molecular flexibility index (Phi) is 5.19. The van der Waals surface area contributed by atoms with Gasteiger partial charge in [-0.25, -0.2) is 9.59 Å². The van der Waals surface area contributed by atoms with Gasteiger partial charge in [0.15, 0.2) is 0 Å². The number of esters is 2. The summed E-state index contributed by atoms with van der Waals surface area (Å²) >= 11 is 0. The number of hydrogen-bond donors (Lipinski definition) is 0. The van der Waals surface area contributed by atoms with Gasteiger partial charge in [-0.05, 0) is 38.1 Å². The van der Waals surface area contributed by atoms with Gasteiger partial charge in [0, 0.05) is 24.8 Å². The first-order valence-corrected chi connectivity index (χ1v) is 6.80. The van der Waals surface area contributed by atoms with Gasteiger partial charge in [0.1, 0.15) is 12.2 Å². The van der Waals surface area contributed by atoms with Crippen molar-refractivity contribution in [2.24, 2.45) is 0 Å². The number of nitrogens with zero attached hydrogens (tertiary/aromatic N) is 2. The van der Waals surface area contributed by atoms with Crippen molar-refractivity contribution in [2.45, 2.75) is 26.1 Å². The maximum absolute atomic E-state index is 11.9. The van der Waals surface area contributed by atoms with Crippen LogP contribution in [0.2, 0.25) is 0 Å². The lowest BCUT2D eigenvalue weighted by molar-refractivity contribution is -0.0239. The van der Waals surface area contributed by atoms with E-state index in [4.69, 9.17) is 9.47 Å². The zero-order valence-corrected chi connectivity index (χ0v) is 12.3. The van der Waals surface area contributed by atoms with E-state index < -0.39 is 24.1 Å². The van der Waals surface area contributed by atoms with Crippen LogP contribution in [-0.4, -0.2) is 34.1 Å². The van der Waals surface area contributed by atoms with Gasteiger partial charge in [0.05, 0.1) is 11.1 Å². The summed E-state index contributed by atoms with van der Waals surface area (Å²) in [5, 5.41) is 0. The van der Waals surface area contributed by atoms with Crippen LogP contribution in [0, 0.1) is 0 Å². The van der Waals surface area contributed by atoms with E-state index in [2.05, 4.69) is 9.97 Å². The quantitative estimate of drug-likeness (QED) is 0.788. The molecule has 0 bridgehead atoms. The molecule has 6 heteroatoms. The minimum atomic E-state index is -0.577. The molecule has 0 spiro atoms. The fourth-order valence-corrected chi connectivity index (χ4v) is 1.64. The van der Waals surface area contributed by atoms with Gasteiger partial charge in [-0.1, -0.05) is 0 Å². The van der Waals surface area contributed by atoms with E-state index in [0.717, 1.165) is 0 Å². The number of ether oxygens (including phenoxy) is 2. The summed E-state index contributed by atoms with van der Waals surface area (Å²) in [7, 11) is 0. The van der Waals surface area contributed by atoms with Gasteiger partial charge >= 0.3 is 11.9 Å². The molecule has 2 aromatic heterocycles. The average Bonchev–Trinajstić information content (AvgIpc) is 2.56. The molecule has 0 saturated heterocycles. The molecule has 0 saturated carbocycles. The molecule has 0 amide bonds. The molecule has 2 aromatic rings. The highest BCUT2D eigenvalue weighted by molar-refractivity contribution is 5.90. The smallest absolute Gasteiger partial charge is 0.338 e. The highest BCUT2D eigenvalue weighted by Gasteiger charge is 2.22. The van der Waals surface area contributed by atoms with E-state index in [1.54, 1.807) is 38.1 Å². The highest BCUT2D eigenvalue weighted by Crippen LogP contribution is 2.10. The number of hydrogen-bond acceptors (Lipinski definition) is 6. The normalized spacial score (nSPS) is 13.0. The Bertz CT molecular complexity index is 574. The minimum absolute atomic E-state index is 0.398. The van der Waals surface area contributed by atoms with Crippen molar-refractivity contribution in [3.8, 4) is 0 Å². The zero-order valence-electron chi connectivity index (χ0n) is 12.3. The van der Waals surface area contributed by atoms with E-state index in [1.165, 1.54) is 24.8 Å². The first-order chi connectivity index (χ1) is 10.6. The first kappa shape index (κ1) is 15.6. The molecular formula is C16H16N2O4. The predicted octanol–water partition coefficient (Wildman–Crippen LogP) is 2.27. The van der Waals surface area contributed by atoms with E-state index in [1.807, 2.05) is 0 Å². The van der Waals surface area contributed by atoms with E-state index in [9.17, 15) is 9.59 Å².